The molecule has 1 N–H and O–H groups in total. The number of thioether (sulfide) groups is 1. The number of benzene rings is 1. The van der Waals surface area contributed by atoms with Gasteiger partial charge in [0, 0.05) is 17.9 Å². The van der Waals surface area contributed by atoms with Crippen molar-refractivity contribution in [2.75, 3.05) is 13.6 Å². The second-order valence-electron chi connectivity index (χ2n) is 3.68. The fourth-order valence-corrected chi connectivity index (χ4v) is 2.47. The predicted molar refractivity (Wildman–Crippen MR) is 72.9 cm³/mol. The highest BCUT2D eigenvalue weighted by Gasteiger charge is 2.07. The Hall–Kier alpha value is -1.04. The highest BCUT2D eigenvalue weighted by molar-refractivity contribution is 7.98. The quantitative estimate of drug-likeness (QED) is 0.826. The number of likely N-dealkylation sites (N-methyl/N-ethyl adjacent to an activating group) is 1. The van der Waals surface area contributed by atoms with Crippen molar-refractivity contribution in [3.05, 3.63) is 41.0 Å². The van der Waals surface area contributed by atoms with E-state index < -0.39 is 0 Å². The number of nitrogens with one attached hydrogen (secondary N) is 1. The maximum absolute atomic E-state index is 6.07. The van der Waals surface area contributed by atoms with Crippen LogP contribution in [0.3, 0.4) is 0 Å². The van der Waals surface area contributed by atoms with E-state index in [1.165, 1.54) is 0 Å². The first-order chi connectivity index (χ1) is 8.79. The molecular formula is C12H14ClN3OS. The molecule has 0 saturated carbocycles. The molecule has 0 amide bonds. The molecular weight excluding hydrogens is 270 g/mol. The van der Waals surface area contributed by atoms with Crippen LogP contribution in [0.4, 0.5) is 0 Å². The van der Waals surface area contributed by atoms with Crippen LogP contribution in [0, 0.1) is 0 Å². The molecule has 1 heterocycles. The van der Waals surface area contributed by atoms with Crippen molar-refractivity contribution in [3.8, 4) is 0 Å². The second kappa shape index (κ2) is 6.78. The SMILES string of the molecule is CNCCc1nc(CSc2ccccc2Cl)no1. The Morgan fingerprint density at radius 3 is 3.00 bits per heavy atom. The average molecular weight is 284 g/mol. The van der Waals surface area contributed by atoms with Gasteiger partial charge in [-0.25, -0.2) is 0 Å². The van der Waals surface area contributed by atoms with Crippen LogP contribution in [-0.2, 0) is 12.2 Å². The Morgan fingerprint density at radius 2 is 2.22 bits per heavy atom. The van der Waals surface area contributed by atoms with Gasteiger partial charge >= 0.3 is 0 Å². The fourth-order valence-electron chi connectivity index (χ4n) is 1.39. The molecule has 0 aliphatic rings. The van der Waals surface area contributed by atoms with Crippen molar-refractivity contribution in [2.45, 2.75) is 17.1 Å². The van der Waals surface area contributed by atoms with Gasteiger partial charge in [-0.3, -0.25) is 0 Å². The van der Waals surface area contributed by atoms with Gasteiger partial charge in [0.1, 0.15) is 0 Å². The Labute approximate surface area is 115 Å². The molecule has 96 valence electrons. The third-order valence-corrected chi connectivity index (χ3v) is 3.80. The van der Waals surface area contributed by atoms with E-state index in [1.54, 1.807) is 11.8 Å². The molecule has 2 aromatic rings. The Morgan fingerprint density at radius 1 is 1.39 bits per heavy atom. The molecule has 1 aromatic carbocycles. The van der Waals surface area contributed by atoms with Gasteiger partial charge in [-0.15, -0.1) is 11.8 Å². The molecule has 0 unspecified atom stereocenters. The van der Waals surface area contributed by atoms with Gasteiger partial charge in [0.15, 0.2) is 5.82 Å². The van der Waals surface area contributed by atoms with E-state index in [-0.39, 0.29) is 0 Å². The van der Waals surface area contributed by atoms with E-state index >= 15 is 0 Å². The smallest absolute Gasteiger partial charge is 0.227 e. The summed E-state index contributed by atoms with van der Waals surface area (Å²) < 4.78 is 5.14. The van der Waals surface area contributed by atoms with E-state index in [4.69, 9.17) is 16.1 Å². The fraction of sp³-hybridized carbons (Fsp3) is 0.333. The predicted octanol–water partition coefficient (Wildman–Crippen LogP) is 2.78. The first-order valence-corrected chi connectivity index (χ1v) is 6.99. The molecule has 0 bridgehead atoms. The topological polar surface area (TPSA) is 51.0 Å². The van der Waals surface area contributed by atoms with Crippen LogP contribution >= 0.6 is 23.4 Å². The maximum Gasteiger partial charge on any atom is 0.227 e. The Kier molecular flexibility index (Phi) is 5.04. The molecule has 0 fully saturated rings. The summed E-state index contributed by atoms with van der Waals surface area (Å²) in [5, 5.41) is 7.73. The van der Waals surface area contributed by atoms with Crippen LogP contribution in [0.1, 0.15) is 11.7 Å². The zero-order valence-electron chi connectivity index (χ0n) is 10.0. The number of hydrogen-bond donors (Lipinski definition) is 1. The summed E-state index contributed by atoms with van der Waals surface area (Å²) >= 11 is 7.68. The lowest BCUT2D eigenvalue weighted by molar-refractivity contribution is 0.373. The van der Waals surface area contributed by atoms with Crippen molar-refractivity contribution in [2.24, 2.45) is 0 Å². The van der Waals surface area contributed by atoms with Crippen molar-refractivity contribution in [1.29, 1.82) is 0 Å². The number of aromatic nitrogens is 2. The highest BCUT2D eigenvalue weighted by Crippen LogP contribution is 2.28. The zero-order valence-corrected chi connectivity index (χ0v) is 11.6. The van der Waals surface area contributed by atoms with Crippen LogP contribution in [0.5, 0.6) is 0 Å². The summed E-state index contributed by atoms with van der Waals surface area (Å²) in [4.78, 5) is 5.34. The molecule has 0 radical (unpaired) electrons. The van der Waals surface area contributed by atoms with Crippen LogP contribution in [0.25, 0.3) is 0 Å². The molecule has 0 atom stereocenters. The summed E-state index contributed by atoms with van der Waals surface area (Å²) in [7, 11) is 1.89. The van der Waals surface area contributed by atoms with Gasteiger partial charge in [-0.1, -0.05) is 28.9 Å². The maximum atomic E-state index is 6.07. The molecule has 2 rings (SSSR count). The van der Waals surface area contributed by atoms with Crippen molar-refractivity contribution >= 4 is 23.4 Å². The molecule has 0 spiro atoms. The normalized spacial score (nSPS) is 10.8. The molecule has 0 aliphatic heterocycles. The van der Waals surface area contributed by atoms with Gasteiger partial charge in [-0.05, 0) is 19.2 Å². The lowest BCUT2D eigenvalue weighted by atomic mass is 10.4. The number of halogens is 1. The first-order valence-electron chi connectivity index (χ1n) is 5.63. The van der Waals surface area contributed by atoms with Gasteiger partial charge in [0.25, 0.3) is 0 Å². The van der Waals surface area contributed by atoms with Gasteiger partial charge in [-0.2, -0.15) is 4.98 Å². The molecule has 18 heavy (non-hydrogen) atoms. The molecule has 1 aromatic heterocycles. The lowest BCUT2D eigenvalue weighted by Gasteiger charge is -2.00. The Balaban J connectivity index is 1.90. The molecule has 0 aliphatic carbocycles. The van der Waals surface area contributed by atoms with E-state index in [9.17, 15) is 0 Å². The third kappa shape index (κ3) is 3.73. The van der Waals surface area contributed by atoms with E-state index in [0.717, 1.165) is 22.9 Å². The van der Waals surface area contributed by atoms with Crippen molar-refractivity contribution in [1.82, 2.24) is 15.5 Å². The minimum atomic E-state index is 0.660. The Bertz CT molecular complexity index is 504. The second-order valence-corrected chi connectivity index (χ2v) is 5.10. The number of rotatable bonds is 6. The summed E-state index contributed by atoms with van der Waals surface area (Å²) in [6, 6.07) is 7.73. The van der Waals surface area contributed by atoms with E-state index in [0.29, 0.717) is 17.5 Å². The summed E-state index contributed by atoms with van der Waals surface area (Å²) in [5.41, 5.74) is 0. The summed E-state index contributed by atoms with van der Waals surface area (Å²) in [6.45, 7) is 0.833. The number of hydrogen-bond acceptors (Lipinski definition) is 5. The lowest BCUT2D eigenvalue weighted by Crippen LogP contribution is -2.10. The van der Waals surface area contributed by atoms with Gasteiger partial charge in [0.05, 0.1) is 10.8 Å². The van der Waals surface area contributed by atoms with Gasteiger partial charge < -0.3 is 9.84 Å². The van der Waals surface area contributed by atoms with Crippen LogP contribution in [0.2, 0.25) is 5.02 Å². The van der Waals surface area contributed by atoms with Crippen LogP contribution < -0.4 is 5.32 Å². The standard InChI is InChI=1S/C12H14ClN3OS/c1-14-7-6-12-15-11(16-17-12)8-18-10-5-3-2-4-9(10)13/h2-5,14H,6-8H2,1H3. The van der Waals surface area contributed by atoms with Crippen molar-refractivity contribution < 1.29 is 4.52 Å². The van der Waals surface area contributed by atoms with Gasteiger partial charge in [0.2, 0.25) is 5.89 Å². The summed E-state index contributed by atoms with van der Waals surface area (Å²) in [6.07, 6.45) is 0.750. The minimum Gasteiger partial charge on any atom is -0.339 e. The van der Waals surface area contributed by atoms with Crippen LogP contribution in [0.15, 0.2) is 33.7 Å². The van der Waals surface area contributed by atoms with Crippen LogP contribution in [-0.4, -0.2) is 23.7 Å². The largest absolute Gasteiger partial charge is 0.339 e. The van der Waals surface area contributed by atoms with Crippen molar-refractivity contribution in [3.63, 3.8) is 0 Å². The molecule has 6 heteroatoms. The monoisotopic (exact) mass is 283 g/mol. The highest BCUT2D eigenvalue weighted by atomic mass is 35.5. The molecule has 0 saturated heterocycles. The van der Waals surface area contributed by atoms with E-state index in [2.05, 4.69) is 15.5 Å². The first kappa shape index (κ1) is 13.4. The average Bonchev–Trinajstić information content (AvgIpc) is 2.83. The summed E-state index contributed by atoms with van der Waals surface area (Å²) in [5.74, 6) is 2.03. The third-order valence-electron chi connectivity index (χ3n) is 2.29. The minimum absolute atomic E-state index is 0.660. The number of nitrogens with zero attached hydrogens (tertiary/aromatic N) is 2. The zero-order chi connectivity index (χ0) is 12.8. The van der Waals surface area contributed by atoms with E-state index in [1.807, 2.05) is 31.3 Å². The molecule has 4 nitrogen and oxygen atoms in total.